The molecule has 0 amide bonds. The molecule has 0 aliphatic heterocycles. The summed E-state index contributed by atoms with van der Waals surface area (Å²) in [6.45, 7) is 3.68. The van der Waals surface area contributed by atoms with Gasteiger partial charge in [-0.3, -0.25) is 5.41 Å². The van der Waals surface area contributed by atoms with Crippen molar-refractivity contribution in [1.82, 2.24) is 4.90 Å². The molecule has 0 heterocycles. The molecule has 0 rings (SSSR count). The molecule has 0 atom stereocenters. The molecule has 0 saturated carbocycles. The van der Waals surface area contributed by atoms with Gasteiger partial charge in [0.1, 0.15) is 0 Å². The van der Waals surface area contributed by atoms with Gasteiger partial charge in [-0.25, -0.2) is 4.90 Å². The molecule has 0 radical (unpaired) electrons. The van der Waals surface area contributed by atoms with Gasteiger partial charge >= 0.3 is 0 Å². The first-order chi connectivity index (χ1) is 4.22. The molecule has 0 unspecified atom stereocenters. The summed E-state index contributed by atoms with van der Waals surface area (Å²) in [6.07, 6.45) is 3.22. The normalized spacial score (nSPS) is 7.44. The number of nitriles is 1. The Morgan fingerprint density at radius 3 is 2.67 bits per heavy atom. The lowest BCUT2D eigenvalue weighted by molar-refractivity contribution is 0.630. The van der Waals surface area contributed by atoms with Crippen LogP contribution in [0.3, 0.4) is 0 Å². The van der Waals surface area contributed by atoms with E-state index in [0.29, 0.717) is 6.54 Å². The van der Waals surface area contributed by atoms with E-state index in [0.717, 1.165) is 4.90 Å². The summed E-state index contributed by atoms with van der Waals surface area (Å²) in [7, 11) is 0. The third kappa shape index (κ3) is 2.34. The van der Waals surface area contributed by atoms with Crippen molar-refractivity contribution in [3.63, 3.8) is 0 Å². The average Bonchev–Trinajstić information content (AvgIpc) is 1.82. The van der Waals surface area contributed by atoms with E-state index in [1.54, 1.807) is 6.19 Å². The fourth-order valence-corrected chi connectivity index (χ4v) is 0.322. The minimum atomic E-state index is -0.252. The fraction of sp³-hybridized carbons (Fsp3) is 0.200. The van der Waals surface area contributed by atoms with Gasteiger partial charge in [0, 0.05) is 0 Å². The fourth-order valence-electron chi connectivity index (χ4n) is 0.322. The Morgan fingerprint density at radius 1 is 2.00 bits per heavy atom. The summed E-state index contributed by atoms with van der Waals surface area (Å²) in [6, 6.07) is 0. The maximum absolute atomic E-state index is 8.23. The Balaban J connectivity index is 3.86. The summed E-state index contributed by atoms with van der Waals surface area (Å²) in [5, 5.41) is 15.0. The molecule has 0 spiro atoms. The Bertz CT molecular complexity index is 155. The smallest absolute Gasteiger partial charge is 0.202 e. The van der Waals surface area contributed by atoms with Crippen molar-refractivity contribution < 1.29 is 0 Å². The lowest BCUT2D eigenvalue weighted by Gasteiger charge is -2.07. The van der Waals surface area contributed by atoms with Crippen molar-refractivity contribution in [3.8, 4) is 6.19 Å². The van der Waals surface area contributed by atoms with Crippen LogP contribution in [0.2, 0.25) is 0 Å². The molecule has 0 bridgehead atoms. The molecule has 0 aromatic heterocycles. The minimum absolute atomic E-state index is 0.252. The molecule has 0 aromatic carbocycles. The second-order valence-electron chi connectivity index (χ2n) is 1.38. The van der Waals surface area contributed by atoms with Crippen LogP contribution in [-0.2, 0) is 0 Å². The molecule has 0 aliphatic carbocycles. The van der Waals surface area contributed by atoms with E-state index in [1.807, 2.05) is 0 Å². The van der Waals surface area contributed by atoms with Gasteiger partial charge in [-0.2, -0.15) is 5.26 Å². The number of hydrogen-bond donors (Lipinski definition) is 2. The van der Waals surface area contributed by atoms with Gasteiger partial charge in [-0.05, 0) is 0 Å². The summed E-state index contributed by atoms with van der Waals surface area (Å²) in [5.74, 6) is -0.252. The van der Waals surface area contributed by atoms with Crippen LogP contribution in [0.4, 0.5) is 0 Å². The molecule has 4 heteroatoms. The second-order valence-corrected chi connectivity index (χ2v) is 1.38. The SMILES string of the molecule is C=CCN(C#N)C(=N)N. The largest absolute Gasteiger partial charge is 0.369 e. The van der Waals surface area contributed by atoms with Crippen LogP contribution in [0.5, 0.6) is 0 Å². The van der Waals surface area contributed by atoms with Gasteiger partial charge in [0.05, 0.1) is 6.54 Å². The van der Waals surface area contributed by atoms with Gasteiger partial charge in [-0.15, -0.1) is 6.58 Å². The van der Waals surface area contributed by atoms with Crippen LogP contribution in [-0.4, -0.2) is 17.4 Å². The summed E-state index contributed by atoms with van der Waals surface area (Å²) in [5.41, 5.74) is 4.97. The van der Waals surface area contributed by atoms with Crippen molar-refractivity contribution in [2.24, 2.45) is 5.73 Å². The van der Waals surface area contributed by atoms with Crippen molar-refractivity contribution >= 4 is 5.96 Å². The summed E-state index contributed by atoms with van der Waals surface area (Å²) < 4.78 is 0. The van der Waals surface area contributed by atoms with Gasteiger partial charge < -0.3 is 5.73 Å². The van der Waals surface area contributed by atoms with Crippen LogP contribution < -0.4 is 5.73 Å². The standard InChI is InChI=1S/C5H8N4/c1-2-3-9(4-6)5(7)8/h2H,1,3H2,(H3,7,8). The molecule has 3 N–H and O–H groups in total. The average molecular weight is 124 g/mol. The van der Waals surface area contributed by atoms with E-state index in [-0.39, 0.29) is 5.96 Å². The Kier molecular flexibility index (Phi) is 2.91. The molecular formula is C5H8N4. The Hall–Kier alpha value is -1.50. The minimum Gasteiger partial charge on any atom is -0.369 e. The number of rotatable bonds is 2. The molecule has 0 aliphatic rings. The van der Waals surface area contributed by atoms with Crippen LogP contribution in [0, 0.1) is 16.9 Å². The maximum atomic E-state index is 8.23. The lowest BCUT2D eigenvalue weighted by Crippen LogP contribution is -2.32. The summed E-state index contributed by atoms with van der Waals surface area (Å²) >= 11 is 0. The van der Waals surface area contributed by atoms with E-state index in [9.17, 15) is 0 Å². The molecule has 48 valence electrons. The molecule has 4 nitrogen and oxygen atoms in total. The number of nitrogens with two attached hydrogens (primary N) is 1. The van der Waals surface area contributed by atoms with Gasteiger partial charge in [0.15, 0.2) is 6.19 Å². The van der Waals surface area contributed by atoms with Crippen molar-refractivity contribution in [1.29, 1.82) is 10.7 Å². The zero-order valence-corrected chi connectivity index (χ0v) is 4.96. The Labute approximate surface area is 53.7 Å². The highest BCUT2D eigenvalue weighted by atomic mass is 15.2. The highest BCUT2D eigenvalue weighted by Crippen LogP contribution is 1.80. The number of hydrogen-bond acceptors (Lipinski definition) is 2. The van der Waals surface area contributed by atoms with Crippen LogP contribution >= 0.6 is 0 Å². The van der Waals surface area contributed by atoms with Crippen LogP contribution in [0.15, 0.2) is 12.7 Å². The first-order valence-corrected chi connectivity index (χ1v) is 2.34. The third-order valence-corrected chi connectivity index (χ3v) is 0.723. The van der Waals surface area contributed by atoms with E-state index in [1.165, 1.54) is 6.08 Å². The van der Waals surface area contributed by atoms with Gasteiger partial charge in [0.2, 0.25) is 5.96 Å². The second kappa shape index (κ2) is 3.50. The number of nitrogens with zero attached hydrogens (tertiary/aromatic N) is 2. The maximum Gasteiger partial charge on any atom is 0.202 e. The zero-order chi connectivity index (χ0) is 7.28. The molecule has 0 fully saturated rings. The van der Waals surface area contributed by atoms with E-state index in [2.05, 4.69) is 6.58 Å². The first kappa shape index (κ1) is 7.50. The molecular weight excluding hydrogens is 116 g/mol. The van der Waals surface area contributed by atoms with E-state index >= 15 is 0 Å². The number of guanidine groups is 1. The van der Waals surface area contributed by atoms with E-state index < -0.39 is 0 Å². The van der Waals surface area contributed by atoms with Gasteiger partial charge in [0.25, 0.3) is 0 Å². The third-order valence-electron chi connectivity index (χ3n) is 0.723. The molecule has 0 saturated heterocycles. The molecule has 9 heavy (non-hydrogen) atoms. The van der Waals surface area contributed by atoms with Crippen molar-refractivity contribution in [2.45, 2.75) is 0 Å². The summed E-state index contributed by atoms with van der Waals surface area (Å²) in [4.78, 5) is 1.02. The van der Waals surface area contributed by atoms with Crippen LogP contribution in [0.25, 0.3) is 0 Å². The highest BCUT2D eigenvalue weighted by molar-refractivity contribution is 5.76. The van der Waals surface area contributed by atoms with Gasteiger partial charge in [-0.1, -0.05) is 6.08 Å². The predicted molar refractivity (Wildman–Crippen MR) is 34.4 cm³/mol. The Morgan fingerprint density at radius 2 is 2.56 bits per heavy atom. The lowest BCUT2D eigenvalue weighted by atomic mass is 10.5. The van der Waals surface area contributed by atoms with Crippen molar-refractivity contribution in [2.75, 3.05) is 6.54 Å². The van der Waals surface area contributed by atoms with Crippen LogP contribution in [0.1, 0.15) is 0 Å². The van der Waals surface area contributed by atoms with Crippen molar-refractivity contribution in [3.05, 3.63) is 12.7 Å². The first-order valence-electron chi connectivity index (χ1n) is 2.34. The molecule has 0 aromatic rings. The number of nitrogens with one attached hydrogen (secondary N) is 1. The van der Waals surface area contributed by atoms with E-state index in [4.69, 9.17) is 16.4 Å². The predicted octanol–water partition coefficient (Wildman–Crippen LogP) is -0.151. The highest BCUT2D eigenvalue weighted by Gasteiger charge is 1.98. The monoisotopic (exact) mass is 124 g/mol. The topological polar surface area (TPSA) is 76.9 Å². The quantitative estimate of drug-likeness (QED) is 0.177. The zero-order valence-electron chi connectivity index (χ0n) is 4.96.